The van der Waals surface area contributed by atoms with Gasteiger partial charge in [-0.05, 0) is 61.1 Å². The minimum Gasteiger partial charge on any atom is -0.388 e. The van der Waals surface area contributed by atoms with Gasteiger partial charge in [-0.15, -0.1) is 0 Å². The first-order chi connectivity index (χ1) is 20.9. The Morgan fingerprint density at radius 2 is 1.67 bits per heavy atom. The summed E-state index contributed by atoms with van der Waals surface area (Å²) in [5.74, 6) is 0.335. The van der Waals surface area contributed by atoms with Crippen LogP contribution in [0.1, 0.15) is 36.0 Å². The van der Waals surface area contributed by atoms with E-state index in [1.807, 2.05) is 58.3 Å². The van der Waals surface area contributed by atoms with Crippen molar-refractivity contribution in [3.05, 3.63) is 77.0 Å². The van der Waals surface area contributed by atoms with Gasteiger partial charge in [0.2, 0.25) is 5.91 Å². The number of hydrogen-bond donors (Lipinski definition) is 1. The molecule has 4 heterocycles. The first-order valence-electron chi connectivity index (χ1n) is 14.9. The zero-order valence-electron chi connectivity index (χ0n) is 23.9. The van der Waals surface area contributed by atoms with Crippen LogP contribution in [-0.2, 0) is 16.1 Å². The maximum absolute atomic E-state index is 13.4. The average Bonchev–Trinajstić information content (AvgIpc) is 3.81. The van der Waals surface area contributed by atoms with Crippen molar-refractivity contribution in [2.45, 2.75) is 37.8 Å². The number of rotatable bonds is 6. The Labute approximate surface area is 248 Å². The van der Waals surface area contributed by atoms with Gasteiger partial charge in [0.1, 0.15) is 11.7 Å². The Hall–Kier alpha value is -4.35. The third kappa shape index (κ3) is 5.46. The predicted octanol–water partition coefficient (Wildman–Crippen LogP) is 2.49. The fourth-order valence-electron chi connectivity index (χ4n) is 6.06. The number of amides is 2. The van der Waals surface area contributed by atoms with E-state index in [1.54, 1.807) is 4.68 Å². The molecule has 2 saturated heterocycles. The molecule has 11 nitrogen and oxygen atoms in total. The van der Waals surface area contributed by atoms with Crippen LogP contribution in [0.3, 0.4) is 0 Å². The summed E-state index contributed by atoms with van der Waals surface area (Å²) in [5.41, 5.74) is 2.22. The number of benzene rings is 2. The van der Waals surface area contributed by atoms with E-state index in [-0.39, 0.29) is 29.8 Å². The summed E-state index contributed by atoms with van der Waals surface area (Å²) in [6.07, 6.45) is 5.73. The molecule has 222 valence electrons. The molecule has 1 aliphatic carbocycles. The van der Waals surface area contributed by atoms with Gasteiger partial charge in [-0.2, -0.15) is 5.10 Å². The lowest BCUT2D eigenvalue weighted by Gasteiger charge is -2.38. The van der Waals surface area contributed by atoms with Crippen LogP contribution < -0.4 is 5.56 Å². The number of carbonyl (C=O) groups is 2. The zero-order valence-corrected chi connectivity index (χ0v) is 23.9. The Balaban J connectivity index is 1.11. The number of piperidine rings is 1. The monoisotopic (exact) mass is 582 g/mol. The number of nitrogens with zero attached hydrogens (tertiary/aromatic N) is 6. The largest absolute Gasteiger partial charge is 0.388 e. The van der Waals surface area contributed by atoms with Crippen molar-refractivity contribution in [3.63, 3.8) is 0 Å². The van der Waals surface area contributed by atoms with E-state index in [0.29, 0.717) is 68.8 Å². The maximum atomic E-state index is 13.4. The molecule has 2 aliphatic heterocycles. The molecule has 2 aromatic heterocycles. The summed E-state index contributed by atoms with van der Waals surface area (Å²) in [4.78, 5) is 47.1. The Kier molecular flexibility index (Phi) is 7.06. The topological polar surface area (TPSA) is 123 Å². The van der Waals surface area contributed by atoms with Crippen molar-refractivity contribution in [1.82, 2.24) is 29.1 Å². The van der Waals surface area contributed by atoms with E-state index in [0.717, 1.165) is 29.7 Å². The molecule has 7 rings (SSSR count). The summed E-state index contributed by atoms with van der Waals surface area (Å²) in [6, 6.07) is 15.3. The van der Waals surface area contributed by atoms with Crippen molar-refractivity contribution in [3.8, 4) is 16.8 Å². The molecule has 3 fully saturated rings. The van der Waals surface area contributed by atoms with Gasteiger partial charge >= 0.3 is 0 Å². The van der Waals surface area contributed by atoms with E-state index in [2.05, 4.69) is 10.1 Å². The average molecular weight is 583 g/mol. The molecule has 43 heavy (non-hydrogen) atoms. The van der Waals surface area contributed by atoms with Gasteiger partial charge in [-0.25, -0.2) is 9.67 Å². The molecule has 3 aliphatic rings. The smallest absolute Gasteiger partial charge is 0.264 e. The molecular weight excluding hydrogens is 548 g/mol. The van der Waals surface area contributed by atoms with Crippen LogP contribution in [0, 0.1) is 5.92 Å². The SMILES string of the molecule is O=C(c1cccc(-c2cccc(-n3ncc4c(=O)n(CC5(O)CCN(C(=O)C6CC6)CC5)cnc43)c2)c1)N1CCOCC1. The molecule has 1 saturated carbocycles. The molecule has 0 unspecified atom stereocenters. The standard InChI is InChI=1S/C32H34N6O5/c39-29(22-7-8-22)35-11-9-32(42,10-12-35)20-37-21-33-28-27(31(37)41)19-34-38(28)26-6-2-4-24(18-26)23-3-1-5-25(17-23)30(40)36-13-15-43-16-14-36/h1-6,17-19,21-22,42H,7-16,20H2. The van der Waals surface area contributed by atoms with Gasteiger partial charge in [0.25, 0.3) is 11.5 Å². The molecule has 1 N–H and O–H groups in total. The van der Waals surface area contributed by atoms with E-state index in [1.165, 1.54) is 17.1 Å². The molecule has 2 aromatic carbocycles. The third-order valence-corrected chi connectivity index (χ3v) is 8.78. The van der Waals surface area contributed by atoms with Crippen LogP contribution in [0.25, 0.3) is 27.8 Å². The zero-order chi connectivity index (χ0) is 29.6. The van der Waals surface area contributed by atoms with Gasteiger partial charge in [-0.3, -0.25) is 19.0 Å². The molecule has 0 atom stereocenters. The third-order valence-electron chi connectivity index (χ3n) is 8.78. The van der Waals surface area contributed by atoms with E-state index in [9.17, 15) is 19.5 Å². The summed E-state index contributed by atoms with van der Waals surface area (Å²) in [6.45, 7) is 3.36. The number of aromatic nitrogens is 4. The molecule has 11 heteroatoms. The molecule has 0 spiro atoms. The van der Waals surface area contributed by atoms with Crippen molar-refractivity contribution in [1.29, 1.82) is 0 Å². The summed E-state index contributed by atoms with van der Waals surface area (Å²) in [5, 5.41) is 16.1. The number of carbonyl (C=O) groups excluding carboxylic acids is 2. The fourth-order valence-corrected chi connectivity index (χ4v) is 6.06. The first-order valence-corrected chi connectivity index (χ1v) is 14.9. The van der Waals surface area contributed by atoms with Crippen LogP contribution in [0.2, 0.25) is 0 Å². The van der Waals surface area contributed by atoms with Gasteiger partial charge in [-0.1, -0.05) is 24.3 Å². The molecule has 4 aromatic rings. The van der Waals surface area contributed by atoms with Crippen molar-refractivity contribution >= 4 is 22.8 Å². The van der Waals surface area contributed by atoms with Crippen LogP contribution in [0.4, 0.5) is 0 Å². The lowest BCUT2D eigenvalue weighted by Crippen LogP contribution is -2.50. The quantitative estimate of drug-likeness (QED) is 0.371. The second kappa shape index (κ2) is 11.1. The molecule has 0 radical (unpaired) electrons. The number of hydrogen-bond acceptors (Lipinski definition) is 7. The number of morpholine rings is 1. The van der Waals surface area contributed by atoms with E-state index < -0.39 is 5.60 Å². The second-order valence-electron chi connectivity index (χ2n) is 11.8. The highest BCUT2D eigenvalue weighted by molar-refractivity contribution is 5.95. The Morgan fingerprint density at radius 1 is 0.953 bits per heavy atom. The Bertz CT molecular complexity index is 1740. The summed E-state index contributed by atoms with van der Waals surface area (Å²) < 4.78 is 8.45. The molecular formula is C32H34N6O5. The van der Waals surface area contributed by atoms with E-state index in [4.69, 9.17) is 4.74 Å². The minimum absolute atomic E-state index is 0.0122. The maximum Gasteiger partial charge on any atom is 0.264 e. The van der Waals surface area contributed by atoms with Gasteiger partial charge < -0.3 is 19.6 Å². The second-order valence-corrected chi connectivity index (χ2v) is 11.8. The lowest BCUT2D eigenvalue weighted by molar-refractivity contribution is -0.137. The van der Waals surface area contributed by atoms with Gasteiger partial charge in [0.15, 0.2) is 5.65 Å². The van der Waals surface area contributed by atoms with Gasteiger partial charge in [0.05, 0.1) is 37.2 Å². The fraction of sp³-hybridized carbons (Fsp3) is 0.406. The summed E-state index contributed by atoms with van der Waals surface area (Å²) >= 11 is 0. The van der Waals surface area contributed by atoms with Crippen molar-refractivity contribution < 1.29 is 19.4 Å². The highest BCUT2D eigenvalue weighted by atomic mass is 16.5. The normalized spacial score (nSPS) is 18.6. The van der Waals surface area contributed by atoms with Gasteiger partial charge in [0, 0.05) is 37.7 Å². The van der Waals surface area contributed by atoms with Crippen LogP contribution in [0.5, 0.6) is 0 Å². The highest BCUT2D eigenvalue weighted by Gasteiger charge is 2.39. The minimum atomic E-state index is -1.08. The highest BCUT2D eigenvalue weighted by Crippen LogP contribution is 2.33. The number of likely N-dealkylation sites (tertiary alicyclic amines) is 1. The Morgan fingerprint density at radius 3 is 2.42 bits per heavy atom. The van der Waals surface area contributed by atoms with Crippen LogP contribution >= 0.6 is 0 Å². The van der Waals surface area contributed by atoms with Crippen LogP contribution in [0.15, 0.2) is 65.8 Å². The molecule has 2 amide bonds. The van der Waals surface area contributed by atoms with E-state index >= 15 is 0 Å². The van der Waals surface area contributed by atoms with Crippen molar-refractivity contribution in [2.75, 3.05) is 39.4 Å². The number of ether oxygens (including phenoxy) is 1. The van der Waals surface area contributed by atoms with Crippen LogP contribution in [-0.4, -0.2) is 91.0 Å². The predicted molar refractivity (Wildman–Crippen MR) is 159 cm³/mol. The summed E-state index contributed by atoms with van der Waals surface area (Å²) in [7, 11) is 0. The molecule has 0 bridgehead atoms. The van der Waals surface area contributed by atoms with Crippen molar-refractivity contribution in [2.24, 2.45) is 5.92 Å². The number of fused-ring (bicyclic) bond motifs is 1. The lowest BCUT2D eigenvalue weighted by atomic mass is 9.91. The number of aliphatic hydroxyl groups is 1. The first kappa shape index (κ1) is 27.5.